The summed E-state index contributed by atoms with van der Waals surface area (Å²) >= 11 is 1.66. The van der Waals surface area contributed by atoms with Crippen molar-refractivity contribution in [3.05, 3.63) is 47.6 Å². The molecule has 4 rings (SSSR count). The van der Waals surface area contributed by atoms with Crippen LogP contribution in [0.2, 0.25) is 0 Å². The first-order valence-electron chi connectivity index (χ1n) is 7.10. The minimum absolute atomic E-state index is 0.598. The molecular formula is C16H16N4S. The maximum absolute atomic E-state index is 5.77. The fourth-order valence-electron chi connectivity index (χ4n) is 2.59. The van der Waals surface area contributed by atoms with Gasteiger partial charge in [-0.05, 0) is 42.0 Å². The zero-order chi connectivity index (χ0) is 14.2. The SMILES string of the molecule is Nc1ccc(CN(c2ncnc3sccc23)C2CC2)cc1. The third kappa shape index (κ3) is 2.45. The summed E-state index contributed by atoms with van der Waals surface area (Å²) in [6.07, 6.45) is 4.15. The molecule has 0 saturated heterocycles. The van der Waals surface area contributed by atoms with E-state index in [9.17, 15) is 0 Å². The van der Waals surface area contributed by atoms with E-state index >= 15 is 0 Å². The number of aromatic nitrogens is 2. The van der Waals surface area contributed by atoms with Gasteiger partial charge in [0.2, 0.25) is 0 Å². The average Bonchev–Trinajstić information content (AvgIpc) is 3.23. The van der Waals surface area contributed by atoms with E-state index in [4.69, 9.17) is 5.73 Å². The summed E-state index contributed by atoms with van der Waals surface area (Å²) < 4.78 is 0. The first kappa shape index (κ1) is 12.6. The highest BCUT2D eigenvalue weighted by molar-refractivity contribution is 7.16. The molecule has 2 heterocycles. The van der Waals surface area contributed by atoms with Gasteiger partial charge in [-0.2, -0.15) is 0 Å². The highest BCUT2D eigenvalue weighted by Gasteiger charge is 2.31. The molecule has 1 fully saturated rings. The number of fused-ring (bicyclic) bond motifs is 1. The lowest BCUT2D eigenvalue weighted by atomic mass is 10.2. The Morgan fingerprint density at radius 1 is 1.14 bits per heavy atom. The molecule has 0 bridgehead atoms. The molecule has 106 valence electrons. The number of anilines is 2. The molecular weight excluding hydrogens is 280 g/mol. The quantitative estimate of drug-likeness (QED) is 0.749. The second-order valence-electron chi connectivity index (χ2n) is 5.44. The molecule has 0 unspecified atom stereocenters. The van der Waals surface area contributed by atoms with E-state index in [1.54, 1.807) is 17.7 Å². The zero-order valence-electron chi connectivity index (χ0n) is 11.6. The van der Waals surface area contributed by atoms with Gasteiger partial charge in [0.25, 0.3) is 0 Å². The van der Waals surface area contributed by atoms with Crippen LogP contribution in [-0.4, -0.2) is 16.0 Å². The normalized spacial score (nSPS) is 14.5. The monoisotopic (exact) mass is 296 g/mol. The van der Waals surface area contributed by atoms with E-state index in [0.717, 1.165) is 28.3 Å². The van der Waals surface area contributed by atoms with Crippen molar-refractivity contribution >= 4 is 33.1 Å². The third-order valence-electron chi connectivity index (χ3n) is 3.83. The highest BCUT2D eigenvalue weighted by atomic mass is 32.1. The van der Waals surface area contributed by atoms with Crippen molar-refractivity contribution in [2.75, 3.05) is 10.6 Å². The molecule has 0 radical (unpaired) electrons. The summed E-state index contributed by atoms with van der Waals surface area (Å²) in [7, 11) is 0. The standard InChI is InChI=1S/C16H16N4S/c17-12-3-1-11(2-4-12)9-20(13-5-6-13)15-14-7-8-21-16(14)19-10-18-15/h1-4,7-8,10,13H,5-6,9,17H2. The molecule has 2 aromatic heterocycles. The van der Waals surface area contributed by atoms with Crippen LogP contribution in [-0.2, 0) is 6.54 Å². The van der Waals surface area contributed by atoms with E-state index in [1.165, 1.54) is 18.4 Å². The molecule has 0 spiro atoms. The summed E-state index contributed by atoms with van der Waals surface area (Å²) in [6, 6.07) is 10.8. The van der Waals surface area contributed by atoms with Crippen molar-refractivity contribution < 1.29 is 0 Å². The van der Waals surface area contributed by atoms with Crippen LogP contribution in [0, 0.1) is 0 Å². The van der Waals surface area contributed by atoms with Crippen LogP contribution in [0.25, 0.3) is 10.2 Å². The van der Waals surface area contributed by atoms with Crippen LogP contribution in [0.4, 0.5) is 11.5 Å². The van der Waals surface area contributed by atoms with Gasteiger partial charge >= 0.3 is 0 Å². The number of nitrogens with zero attached hydrogens (tertiary/aromatic N) is 3. The van der Waals surface area contributed by atoms with Crippen molar-refractivity contribution in [1.29, 1.82) is 0 Å². The second-order valence-corrected chi connectivity index (χ2v) is 6.33. The van der Waals surface area contributed by atoms with Crippen molar-refractivity contribution in [2.24, 2.45) is 0 Å². The summed E-state index contributed by atoms with van der Waals surface area (Å²) in [6.45, 7) is 0.868. The molecule has 0 atom stereocenters. The molecule has 21 heavy (non-hydrogen) atoms. The van der Waals surface area contributed by atoms with E-state index < -0.39 is 0 Å². The van der Waals surface area contributed by atoms with Gasteiger partial charge in [-0.15, -0.1) is 11.3 Å². The summed E-state index contributed by atoms with van der Waals surface area (Å²) in [5.41, 5.74) is 7.84. The van der Waals surface area contributed by atoms with Crippen LogP contribution >= 0.6 is 11.3 Å². The van der Waals surface area contributed by atoms with Gasteiger partial charge in [0.05, 0.1) is 5.39 Å². The Bertz CT molecular complexity index is 761. The Labute approximate surface area is 127 Å². The highest BCUT2D eigenvalue weighted by Crippen LogP contribution is 2.36. The Hall–Kier alpha value is -2.14. The van der Waals surface area contributed by atoms with E-state index in [2.05, 4.69) is 38.4 Å². The summed E-state index contributed by atoms with van der Waals surface area (Å²) in [5, 5.41) is 3.24. The largest absolute Gasteiger partial charge is 0.399 e. The molecule has 1 aliphatic rings. The van der Waals surface area contributed by atoms with Gasteiger partial charge < -0.3 is 10.6 Å². The molecule has 0 amide bonds. The lowest BCUT2D eigenvalue weighted by molar-refractivity contribution is 0.781. The predicted octanol–water partition coefficient (Wildman–Crippen LogP) is 3.44. The first-order chi connectivity index (χ1) is 10.3. The van der Waals surface area contributed by atoms with Crippen LogP contribution in [0.15, 0.2) is 42.0 Å². The van der Waals surface area contributed by atoms with Crippen molar-refractivity contribution in [3.8, 4) is 0 Å². The van der Waals surface area contributed by atoms with Gasteiger partial charge in [0, 0.05) is 18.3 Å². The average molecular weight is 296 g/mol. The minimum Gasteiger partial charge on any atom is -0.399 e. The van der Waals surface area contributed by atoms with Crippen LogP contribution in [0.3, 0.4) is 0 Å². The molecule has 1 saturated carbocycles. The maximum Gasteiger partial charge on any atom is 0.141 e. The van der Waals surface area contributed by atoms with Gasteiger partial charge in [-0.25, -0.2) is 9.97 Å². The summed E-state index contributed by atoms with van der Waals surface area (Å²) in [4.78, 5) is 12.4. The van der Waals surface area contributed by atoms with E-state index in [1.807, 2.05) is 12.1 Å². The topological polar surface area (TPSA) is 55.0 Å². The number of hydrogen-bond donors (Lipinski definition) is 1. The Balaban J connectivity index is 1.71. The number of thiophene rings is 1. The first-order valence-corrected chi connectivity index (χ1v) is 7.98. The molecule has 1 aromatic carbocycles. The minimum atomic E-state index is 0.598. The van der Waals surface area contributed by atoms with Gasteiger partial charge in [-0.1, -0.05) is 12.1 Å². The molecule has 4 nitrogen and oxygen atoms in total. The van der Waals surface area contributed by atoms with Crippen molar-refractivity contribution in [3.63, 3.8) is 0 Å². The smallest absolute Gasteiger partial charge is 0.141 e. The third-order valence-corrected chi connectivity index (χ3v) is 4.65. The lowest BCUT2D eigenvalue weighted by Crippen LogP contribution is -2.26. The maximum atomic E-state index is 5.77. The second kappa shape index (κ2) is 5.00. The molecule has 5 heteroatoms. The number of benzene rings is 1. The van der Waals surface area contributed by atoms with Gasteiger partial charge in [0.1, 0.15) is 17.0 Å². The Morgan fingerprint density at radius 3 is 2.71 bits per heavy atom. The number of rotatable bonds is 4. The number of nitrogens with two attached hydrogens (primary N) is 1. The molecule has 0 aliphatic heterocycles. The molecule has 2 N–H and O–H groups in total. The number of hydrogen-bond acceptors (Lipinski definition) is 5. The van der Waals surface area contributed by atoms with Crippen molar-refractivity contribution in [1.82, 2.24) is 9.97 Å². The fourth-order valence-corrected chi connectivity index (χ4v) is 3.32. The van der Waals surface area contributed by atoms with E-state index in [0.29, 0.717) is 6.04 Å². The van der Waals surface area contributed by atoms with Crippen LogP contribution < -0.4 is 10.6 Å². The lowest BCUT2D eigenvalue weighted by Gasteiger charge is -2.24. The summed E-state index contributed by atoms with van der Waals surface area (Å²) in [5.74, 6) is 1.06. The molecule has 1 aliphatic carbocycles. The fraction of sp³-hybridized carbons (Fsp3) is 0.250. The zero-order valence-corrected chi connectivity index (χ0v) is 12.4. The van der Waals surface area contributed by atoms with Crippen molar-refractivity contribution in [2.45, 2.75) is 25.4 Å². The predicted molar refractivity (Wildman–Crippen MR) is 87.5 cm³/mol. The Morgan fingerprint density at radius 2 is 1.95 bits per heavy atom. The van der Waals surface area contributed by atoms with Crippen LogP contribution in [0.5, 0.6) is 0 Å². The van der Waals surface area contributed by atoms with Gasteiger partial charge in [-0.3, -0.25) is 0 Å². The van der Waals surface area contributed by atoms with E-state index in [-0.39, 0.29) is 0 Å². The van der Waals surface area contributed by atoms with Crippen LogP contribution in [0.1, 0.15) is 18.4 Å². The van der Waals surface area contributed by atoms with Gasteiger partial charge in [0.15, 0.2) is 0 Å². The molecule has 3 aromatic rings. The Kier molecular flexibility index (Phi) is 3.00. The number of nitrogen functional groups attached to an aromatic ring is 1.